The van der Waals surface area contributed by atoms with Crippen LogP contribution in [0.5, 0.6) is 5.88 Å². The molecule has 2 rings (SSSR count). The molecule has 0 spiro atoms. The standard InChI is InChI=1S/C11H10Cl3N3O2S/c12-7-1-9(14)10(2-8(7)13)15-3-6(18)5-19-11-4-16-20-17-11/h1-2,4,6,15,18H,3,5H2. The van der Waals surface area contributed by atoms with Gasteiger partial charge in [0.2, 0.25) is 5.88 Å². The van der Waals surface area contributed by atoms with E-state index >= 15 is 0 Å². The Morgan fingerprint density at radius 2 is 2.00 bits per heavy atom. The van der Waals surface area contributed by atoms with Crippen molar-refractivity contribution in [2.75, 3.05) is 18.5 Å². The normalized spacial score (nSPS) is 12.2. The lowest BCUT2D eigenvalue weighted by Gasteiger charge is -2.14. The van der Waals surface area contributed by atoms with Crippen LogP contribution in [0, 0.1) is 0 Å². The Morgan fingerprint density at radius 1 is 1.25 bits per heavy atom. The van der Waals surface area contributed by atoms with Crippen LogP contribution in [-0.2, 0) is 0 Å². The molecule has 20 heavy (non-hydrogen) atoms. The van der Waals surface area contributed by atoms with Gasteiger partial charge in [-0.05, 0) is 12.1 Å². The Labute approximate surface area is 134 Å². The maximum absolute atomic E-state index is 9.79. The predicted octanol–water partition coefficient (Wildman–Crippen LogP) is 3.35. The first-order chi connectivity index (χ1) is 9.56. The largest absolute Gasteiger partial charge is 0.473 e. The van der Waals surface area contributed by atoms with Gasteiger partial charge < -0.3 is 15.2 Å². The molecule has 108 valence electrons. The van der Waals surface area contributed by atoms with E-state index in [1.165, 1.54) is 12.3 Å². The van der Waals surface area contributed by atoms with Crippen molar-refractivity contribution in [1.82, 2.24) is 8.75 Å². The first-order valence-electron chi connectivity index (χ1n) is 5.53. The molecular formula is C11H10Cl3N3O2S. The van der Waals surface area contributed by atoms with Crippen molar-refractivity contribution in [2.24, 2.45) is 0 Å². The fourth-order valence-corrected chi connectivity index (χ4v) is 2.32. The summed E-state index contributed by atoms with van der Waals surface area (Å²) in [5, 5.41) is 14.0. The summed E-state index contributed by atoms with van der Waals surface area (Å²) in [7, 11) is 0. The molecule has 2 N–H and O–H groups in total. The number of aliphatic hydroxyl groups excluding tert-OH is 1. The van der Waals surface area contributed by atoms with Crippen molar-refractivity contribution in [2.45, 2.75) is 6.10 Å². The van der Waals surface area contributed by atoms with E-state index in [1.807, 2.05) is 0 Å². The van der Waals surface area contributed by atoms with Crippen LogP contribution < -0.4 is 10.1 Å². The first-order valence-corrected chi connectivity index (χ1v) is 7.39. The van der Waals surface area contributed by atoms with Crippen molar-refractivity contribution >= 4 is 52.2 Å². The molecule has 1 aromatic carbocycles. The zero-order chi connectivity index (χ0) is 14.5. The SMILES string of the molecule is OC(CNc1cc(Cl)c(Cl)cc1Cl)COc1cnsn1. The number of aromatic nitrogens is 2. The fourth-order valence-electron chi connectivity index (χ4n) is 1.35. The van der Waals surface area contributed by atoms with Crippen LogP contribution in [0.2, 0.25) is 15.1 Å². The Hall–Kier alpha value is -0.790. The minimum atomic E-state index is -0.734. The number of anilines is 1. The third kappa shape index (κ3) is 4.36. The molecule has 0 aliphatic carbocycles. The van der Waals surface area contributed by atoms with Crippen LogP contribution in [0.4, 0.5) is 5.69 Å². The quantitative estimate of drug-likeness (QED) is 0.779. The van der Waals surface area contributed by atoms with E-state index in [0.29, 0.717) is 26.6 Å². The first kappa shape index (κ1) is 15.6. The molecule has 5 nitrogen and oxygen atoms in total. The van der Waals surface area contributed by atoms with E-state index in [9.17, 15) is 5.11 Å². The number of aliphatic hydroxyl groups is 1. The number of ether oxygens (including phenoxy) is 1. The number of benzene rings is 1. The summed E-state index contributed by atoms with van der Waals surface area (Å²) in [6.45, 7) is 0.340. The lowest BCUT2D eigenvalue weighted by Crippen LogP contribution is -2.26. The minimum absolute atomic E-state index is 0.0946. The molecule has 0 fully saturated rings. The second kappa shape index (κ2) is 7.28. The lowest BCUT2D eigenvalue weighted by atomic mass is 10.3. The van der Waals surface area contributed by atoms with Gasteiger partial charge in [-0.3, -0.25) is 0 Å². The molecule has 9 heteroatoms. The van der Waals surface area contributed by atoms with E-state index in [-0.39, 0.29) is 13.2 Å². The minimum Gasteiger partial charge on any atom is -0.473 e. The van der Waals surface area contributed by atoms with Crippen LogP contribution in [0.15, 0.2) is 18.3 Å². The number of nitrogens with zero attached hydrogens (tertiary/aromatic N) is 2. The zero-order valence-corrected chi connectivity index (χ0v) is 13.1. The van der Waals surface area contributed by atoms with Crippen molar-refractivity contribution < 1.29 is 9.84 Å². The fraction of sp³-hybridized carbons (Fsp3) is 0.273. The van der Waals surface area contributed by atoms with Crippen LogP contribution in [0.3, 0.4) is 0 Å². The smallest absolute Gasteiger partial charge is 0.245 e. The third-order valence-electron chi connectivity index (χ3n) is 2.30. The van der Waals surface area contributed by atoms with Crippen LogP contribution in [-0.4, -0.2) is 33.1 Å². The lowest BCUT2D eigenvalue weighted by molar-refractivity contribution is 0.115. The summed E-state index contributed by atoms with van der Waals surface area (Å²) in [4.78, 5) is 0. The molecule has 2 aromatic rings. The predicted molar refractivity (Wildman–Crippen MR) is 81.4 cm³/mol. The van der Waals surface area contributed by atoms with Crippen molar-refractivity contribution in [1.29, 1.82) is 0 Å². The van der Waals surface area contributed by atoms with Crippen molar-refractivity contribution in [3.8, 4) is 5.88 Å². The third-order valence-corrected chi connectivity index (χ3v) is 3.80. The molecule has 0 radical (unpaired) electrons. The number of hydrogen-bond donors (Lipinski definition) is 2. The molecule has 1 unspecified atom stereocenters. The van der Waals surface area contributed by atoms with Gasteiger partial charge in [-0.2, -0.15) is 4.37 Å². The second-order valence-corrected chi connectivity index (χ2v) is 5.62. The molecule has 0 bridgehead atoms. The van der Waals surface area contributed by atoms with Crippen LogP contribution in [0.25, 0.3) is 0 Å². The highest BCUT2D eigenvalue weighted by molar-refractivity contribution is 6.99. The van der Waals surface area contributed by atoms with Crippen LogP contribution >= 0.6 is 46.5 Å². The van der Waals surface area contributed by atoms with Gasteiger partial charge in [-0.15, -0.1) is 4.37 Å². The summed E-state index contributed by atoms with van der Waals surface area (Å²) >= 11 is 18.8. The molecule has 0 aliphatic rings. The molecule has 0 aliphatic heterocycles. The van der Waals surface area contributed by atoms with Gasteiger partial charge in [0.1, 0.15) is 18.9 Å². The van der Waals surface area contributed by atoms with E-state index in [0.717, 1.165) is 11.7 Å². The average molecular weight is 355 g/mol. The van der Waals surface area contributed by atoms with Gasteiger partial charge in [-0.1, -0.05) is 34.8 Å². The van der Waals surface area contributed by atoms with Crippen molar-refractivity contribution in [3.63, 3.8) is 0 Å². The summed E-state index contributed by atoms with van der Waals surface area (Å²) in [5.41, 5.74) is 0.593. The number of nitrogens with one attached hydrogen (secondary N) is 1. The van der Waals surface area contributed by atoms with E-state index in [1.54, 1.807) is 6.07 Å². The summed E-state index contributed by atoms with van der Waals surface area (Å²) in [5.74, 6) is 0.390. The maximum atomic E-state index is 9.79. The van der Waals surface area contributed by atoms with Gasteiger partial charge in [0.25, 0.3) is 0 Å². The van der Waals surface area contributed by atoms with E-state index in [4.69, 9.17) is 39.5 Å². The van der Waals surface area contributed by atoms with Gasteiger partial charge in [0.05, 0.1) is 32.5 Å². The van der Waals surface area contributed by atoms with Gasteiger partial charge in [-0.25, -0.2) is 0 Å². The van der Waals surface area contributed by atoms with Crippen LogP contribution in [0.1, 0.15) is 0 Å². The number of rotatable bonds is 6. The second-order valence-electron chi connectivity index (χ2n) is 3.84. The molecule has 1 heterocycles. The Balaban J connectivity index is 1.84. The summed E-state index contributed by atoms with van der Waals surface area (Å²) in [6.07, 6.45) is 0.753. The van der Waals surface area contributed by atoms with Crippen molar-refractivity contribution in [3.05, 3.63) is 33.4 Å². The molecule has 1 aromatic heterocycles. The summed E-state index contributed by atoms with van der Waals surface area (Å²) in [6, 6.07) is 3.14. The van der Waals surface area contributed by atoms with E-state index < -0.39 is 6.10 Å². The number of hydrogen-bond acceptors (Lipinski definition) is 6. The monoisotopic (exact) mass is 353 g/mol. The van der Waals surface area contributed by atoms with Gasteiger partial charge >= 0.3 is 0 Å². The van der Waals surface area contributed by atoms with Gasteiger partial charge in [0.15, 0.2) is 0 Å². The average Bonchev–Trinajstić information content (AvgIpc) is 2.92. The zero-order valence-electron chi connectivity index (χ0n) is 10.0. The Morgan fingerprint density at radius 3 is 2.70 bits per heavy atom. The molecule has 0 amide bonds. The highest BCUT2D eigenvalue weighted by Crippen LogP contribution is 2.32. The maximum Gasteiger partial charge on any atom is 0.245 e. The van der Waals surface area contributed by atoms with E-state index in [2.05, 4.69) is 14.1 Å². The highest BCUT2D eigenvalue weighted by atomic mass is 35.5. The Kier molecular flexibility index (Phi) is 5.68. The molecule has 1 atom stereocenters. The summed E-state index contributed by atoms with van der Waals surface area (Å²) < 4.78 is 12.9. The molecule has 0 saturated heterocycles. The molecular weight excluding hydrogens is 345 g/mol. The Bertz CT molecular complexity index is 568. The number of halogens is 3. The topological polar surface area (TPSA) is 67.3 Å². The highest BCUT2D eigenvalue weighted by Gasteiger charge is 2.10. The molecule has 0 saturated carbocycles. The van der Waals surface area contributed by atoms with Gasteiger partial charge in [0, 0.05) is 6.54 Å².